The van der Waals surface area contributed by atoms with Crippen LogP contribution in [-0.2, 0) is 10.2 Å². The maximum atomic E-state index is 11.7. The Labute approximate surface area is 90.5 Å². The molecule has 0 bridgehead atoms. The van der Waals surface area contributed by atoms with Gasteiger partial charge in [-0.2, -0.15) is 0 Å². The SMILES string of the molecule is NC(=O)C1(c2ccccc2)CCCCC1. The van der Waals surface area contributed by atoms with Crippen LogP contribution in [0.25, 0.3) is 0 Å². The van der Waals surface area contributed by atoms with Crippen LogP contribution in [0.3, 0.4) is 0 Å². The molecule has 0 aromatic heterocycles. The van der Waals surface area contributed by atoms with E-state index in [9.17, 15) is 4.79 Å². The summed E-state index contributed by atoms with van der Waals surface area (Å²) in [6, 6.07) is 9.98. The van der Waals surface area contributed by atoms with Crippen LogP contribution in [0.2, 0.25) is 0 Å². The molecule has 0 radical (unpaired) electrons. The van der Waals surface area contributed by atoms with Gasteiger partial charge in [-0.25, -0.2) is 0 Å². The van der Waals surface area contributed by atoms with Crippen LogP contribution in [0.5, 0.6) is 0 Å². The lowest BCUT2D eigenvalue weighted by Crippen LogP contribution is -2.42. The summed E-state index contributed by atoms with van der Waals surface area (Å²) >= 11 is 0. The molecule has 0 unspecified atom stereocenters. The van der Waals surface area contributed by atoms with Crippen molar-refractivity contribution < 1.29 is 4.79 Å². The first-order valence-corrected chi connectivity index (χ1v) is 5.61. The quantitative estimate of drug-likeness (QED) is 0.787. The van der Waals surface area contributed by atoms with E-state index >= 15 is 0 Å². The van der Waals surface area contributed by atoms with E-state index in [1.165, 1.54) is 6.42 Å². The molecule has 1 fully saturated rings. The second-order valence-electron chi connectivity index (χ2n) is 4.37. The standard InChI is InChI=1S/C13H17NO/c14-12(15)13(9-5-2-6-10-13)11-7-3-1-4-8-11/h1,3-4,7-8H,2,5-6,9-10H2,(H2,14,15). The van der Waals surface area contributed by atoms with Crippen molar-refractivity contribution in [3.8, 4) is 0 Å². The van der Waals surface area contributed by atoms with Crippen LogP contribution in [-0.4, -0.2) is 5.91 Å². The number of rotatable bonds is 2. The predicted octanol–water partition coefficient (Wildman–Crippen LogP) is 2.37. The molecule has 80 valence electrons. The first kappa shape index (κ1) is 10.2. The van der Waals surface area contributed by atoms with Crippen LogP contribution < -0.4 is 5.73 Å². The normalized spacial score (nSPS) is 19.7. The van der Waals surface area contributed by atoms with Crippen molar-refractivity contribution >= 4 is 5.91 Å². The van der Waals surface area contributed by atoms with Crippen molar-refractivity contribution in [2.24, 2.45) is 5.73 Å². The highest BCUT2D eigenvalue weighted by Gasteiger charge is 2.39. The number of benzene rings is 1. The molecule has 1 aromatic carbocycles. The maximum absolute atomic E-state index is 11.7. The van der Waals surface area contributed by atoms with E-state index in [1.807, 2.05) is 30.3 Å². The summed E-state index contributed by atoms with van der Waals surface area (Å²) in [7, 11) is 0. The molecule has 1 aromatic rings. The van der Waals surface area contributed by atoms with E-state index < -0.39 is 0 Å². The molecule has 2 nitrogen and oxygen atoms in total. The molecule has 2 N–H and O–H groups in total. The summed E-state index contributed by atoms with van der Waals surface area (Å²) in [5.41, 5.74) is 6.30. The average molecular weight is 203 g/mol. The van der Waals surface area contributed by atoms with Crippen molar-refractivity contribution in [2.75, 3.05) is 0 Å². The van der Waals surface area contributed by atoms with Gasteiger partial charge in [-0.3, -0.25) is 4.79 Å². The molecule has 0 atom stereocenters. The van der Waals surface area contributed by atoms with Gasteiger partial charge in [0.1, 0.15) is 0 Å². The Hall–Kier alpha value is -1.31. The molecular formula is C13H17NO. The molecule has 1 aliphatic carbocycles. The average Bonchev–Trinajstić information content (AvgIpc) is 2.31. The van der Waals surface area contributed by atoms with Crippen molar-refractivity contribution in [3.05, 3.63) is 35.9 Å². The van der Waals surface area contributed by atoms with Crippen LogP contribution in [0, 0.1) is 0 Å². The fraction of sp³-hybridized carbons (Fsp3) is 0.462. The highest BCUT2D eigenvalue weighted by atomic mass is 16.1. The topological polar surface area (TPSA) is 43.1 Å². The van der Waals surface area contributed by atoms with Gasteiger partial charge < -0.3 is 5.73 Å². The Balaban J connectivity index is 2.38. The largest absolute Gasteiger partial charge is 0.369 e. The Morgan fingerprint density at radius 2 is 1.67 bits per heavy atom. The summed E-state index contributed by atoms with van der Waals surface area (Å²) in [5.74, 6) is -0.159. The van der Waals surface area contributed by atoms with Gasteiger partial charge in [0.25, 0.3) is 0 Å². The molecule has 0 aliphatic heterocycles. The van der Waals surface area contributed by atoms with E-state index in [-0.39, 0.29) is 11.3 Å². The van der Waals surface area contributed by atoms with Crippen molar-refractivity contribution in [3.63, 3.8) is 0 Å². The van der Waals surface area contributed by atoms with Gasteiger partial charge in [-0.05, 0) is 18.4 Å². The predicted molar refractivity (Wildman–Crippen MR) is 60.4 cm³/mol. The summed E-state index contributed by atoms with van der Waals surface area (Å²) in [4.78, 5) is 11.7. The highest BCUT2D eigenvalue weighted by Crippen LogP contribution is 2.38. The summed E-state index contributed by atoms with van der Waals surface area (Å²) in [5, 5.41) is 0. The number of hydrogen-bond donors (Lipinski definition) is 1. The van der Waals surface area contributed by atoms with Gasteiger partial charge in [0, 0.05) is 0 Å². The Kier molecular flexibility index (Phi) is 2.76. The van der Waals surface area contributed by atoms with Crippen LogP contribution >= 0.6 is 0 Å². The third-order valence-electron chi connectivity index (χ3n) is 3.51. The minimum absolute atomic E-state index is 0.159. The highest BCUT2D eigenvalue weighted by molar-refractivity contribution is 5.86. The van der Waals surface area contributed by atoms with Gasteiger partial charge in [0.15, 0.2) is 0 Å². The third kappa shape index (κ3) is 1.76. The second kappa shape index (κ2) is 4.05. The summed E-state index contributed by atoms with van der Waals surface area (Å²) in [6.07, 6.45) is 5.26. The number of primary amides is 1. The first-order chi connectivity index (χ1) is 7.26. The Bertz CT molecular complexity index is 339. The van der Waals surface area contributed by atoms with Gasteiger partial charge in [-0.15, -0.1) is 0 Å². The monoisotopic (exact) mass is 203 g/mol. The zero-order valence-electron chi connectivity index (χ0n) is 8.91. The maximum Gasteiger partial charge on any atom is 0.228 e. The molecule has 0 spiro atoms. The molecule has 1 amide bonds. The summed E-state index contributed by atoms with van der Waals surface area (Å²) < 4.78 is 0. The Morgan fingerprint density at radius 3 is 2.20 bits per heavy atom. The lowest BCUT2D eigenvalue weighted by atomic mass is 9.69. The van der Waals surface area contributed by atoms with Gasteiger partial charge in [0.05, 0.1) is 5.41 Å². The zero-order valence-corrected chi connectivity index (χ0v) is 8.91. The van der Waals surface area contributed by atoms with E-state index in [0.29, 0.717) is 0 Å². The molecule has 1 saturated carbocycles. The molecule has 0 saturated heterocycles. The molecule has 15 heavy (non-hydrogen) atoms. The molecule has 2 heteroatoms. The number of carbonyl (C=O) groups excluding carboxylic acids is 1. The lowest BCUT2D eigenvalue weighted by molar-refractivity contribution is -0.124. The van der Waals surface area contributed by atoms with E-state index in [1.54, 1.807) is 0 Å². The number of nitrogens with two attached hydrogens (primary N) is 1. The van der Waals surface area contributed by atoms with E-state index in [2.05, 4.69) is 0 Å². The minimum Gasteiger partial charge on any atom is -0.369 e. The lowest BCUT2D eigenvalue weighted by Gasteiger charge is -2.34. The van der Waals surface area contributed by atoms with Gasteiger partial charge >= 0.3 is 0 Å². The fourth-order valence-corrected chi connectivity index (χ4v) is 2.59. The van der Waals surface area contributed by atoms with E-state index in [0.717, 1.165) is 31.2 Å². The van der Waals surface area contributed by atoms with Crippen molar-refractivity contribution in [1.82, 2.24) is 0 Å². The molecular weight excluding hydrogens is 186 g/mol. The van der Waals surface area contributed by atoms with Crippen molar-refractivity contribution in [2.45, 2.75) is 37.5 Å². The smallest absolute Gasteiger partial charge is 0.228 e. The van der Waals surface area contributed by atoms with E-state index in [4.69, 9.17) is 5.73 Å². The molecule has 2 rings (SSSR count). The first-order valence-electron chi connectivity index (χ1n) is 5.61. The van der Waals surface area contributed by atoms with Crippen molar-refractivity contribution in [1.29, 1.82) is 0 Å². The van der Waals surface area contributed by atoms with Crippen LogP contribution in [0.1, 0.15) is 37.7 Å². The second-order valence-corrected chi connectivity index (χ2v) is 4.37. The summed E-state index contributed by atoms with van der Waals surface area (Å²) in [6.45, 7) is 0. The van der Waals surface area contributed by atoms with Gasteiger partial charge in [0.2, 0.25) is 5.91 Å². The molecule has 0 heterocycles. The third-order valence-corrected chi connectivity index (χ3v) is 3.51. The zero-order chi connectivity index (χ0) is 10.7. The number of hydrogen-bond acceptors (Lipinski definition) is 1. The van der Waals surface area contributed by atoms with Crippen LogP contribution in [0.4, 0.5) is 0 Å². The number of carbonyl (C=O) groups is 1. The van der Waals surface area contributed by atoms with Crippen LogP contribution in [0.15, 0.2) is 30.3 Å². The van der Waals surface area contributed by atoms with Gasteiger partial charge in [-0.1, -0.05) is 49.6 Å². The molecule has 1 aliphatic rings. The minimum atomic E-state index is -0.389. The Morgan fingerprint density at radius 1 is 1.07 bits per heavy atom. The number of amides is 1. The fourth-order valence-electron chi connectivity index (χ4n) is 2.59.